The van der Waals surface area contributed by atoms with Crippen LogP contribution in [0.1, 0.15) is 24.5 Å². The maximum Gasteiger partial charge on any atom is 0.345 e. The van der Waals surface area contributed by atoms with E-state index in [1.165, 1.54) is 0 Å². The van der Waals surface area contributed by atoms with Crippen molar-refractivity contribution in [1.82, 2.24) is 0 Å². The summed E-state index contributed by atoms with van der Waals surface area (Å²) in [6, 6.07) is 15.7. The van der Waals surface area contributed by atoms with Crippen LogP contribution >= 0.6 is 15.9 Å². The SMILES string of the molecule is CCOC(=O)C1(F)CC1(C(=O)OCc1ccccc1)c1ccc(Br)cc1. The van der Waals surface area contributed by atoms with Gasteiger partial charge in [0.05, 0.1) is 6.61 Å². The minimum absolute atomic E-state index is 0.0108. The Bertz CT molecular complexity index is 808. The molecule has 0 bridgehead atoms. The van der Waals surface area contributed by atoms with Gasteiger partial charge in [0, 0.05) is 10.9 Å². The number of alkyl halides is 1. The van der Waals surface area contributed by atoms with Gasteiger partial charge in [0.25, 0.3) is 0 Å². The molecule has 4 nitrogen and oxygen atoms in total. The second-order valence-electron chi connectivity index (χ2n) is 6.17. The molecule has 2 aromatic carbocycles. The monoisotopic (exact) mass is 420 g/mol. The standard InChI is InChI=1S/C20H18BrFO4/c1-2-25-18(24)20(22)13-19(20,15-8-10-16(21)11-9-15)17(23)26-12-14-6-4-3-5-7-14/h3-11H,2,12-13H2,1H3. The van der Waals surface area contributed by atoms with Gasteiger partial charge in [0.2, 0.25) is 5.67 Å². The molecule has 2 aromatic rings. The molecule has 0 radical (unpaired) electrons. The highest BCUT2D eigenvalue weighted by Crippen LogP contribution is 2.62. The molecule has 1 aliphatic carbocycles. The molecule has 3 rings (SSSR count). The van der Waals surface area contributed by atoms with E-state index in [0.29, 0.717) is 5.56 Å². The van der Waals surface area contributed by atoms with E-state index < -0.39 is 23.0 Å². The van der Waals surface area contributed by atoms with E-state index in [2.05, 4.69) is 15.9 Å². The van der Waals surface area contributed by atoms with Crippen molar-refractivity contribution in [3.05, 3.63) is 70.2 Å². The van der Waals surface area contributed by atoms with Crippen LogP contribution in [0.4, 0.5) is 4.39 Å². The average molecular weight is 421 g/mol. The van der Waals surface area contributed by atoms with E-state index in [1.807, 2.05) is 18.2 Å². The number of carbonyl (C=O) groups excluding carboxylic acids is 2. The predicted molar refractivity (Wildman–Crippen MR) is 97.1 cm³/mol. The molecule has 2 unspecified atom stereocenters. The molecule has 26 heavy (non-hydrogen) atoms. The number of benzene rings is 2. The fourth-order valence-corrected chi connectivity index (χ4v) is 3.34. The van der Waals surface area contributed by atoms with E-state index in [-0.39, 0.29) is 19.6 Å². The van der Waals surface area contributed by atoms with Crippen LogP contribution in [0.3, 0.4) is 0 Å². The third-order valence-corrected chi connectivity index (χ3v) is 5.09. The van der Waals surface area contributed by atoms with Gasteiger partial charge in [-0.25, -0.2) is 9.18 Å². The first-order chi connectivity index (χ1) is 12.4. The zero-order valence-electron chi connectivity index (χ0n) is 14.2. The molecule has 0 aliphatic heterocycles. The van der Waals surface area contributed by atoms with E-state index in [1.54, 1.807) is 43.3 Å². The maximum absolute atomic E-state index is 15.4. The fraction of sp³-hybridized carbons (Fsp3) is 0.300. The zero-order chi connectivity index (χ0) is 18.8. The molecule has 0 heterocycles. The van der Waals surface area contributed by atoms with Gasteiger partial charge in [0.15, 0.2) is 0 Å². The van der Waals surface area contributed by atoms with Crippen LogP contribution in [0.5, 0.6) is 0 Å². The number of hydrogen-bond acceptors (Lipinski definition) is 4. The first-order valence-electron chi connectivity index (χ1n) is 8.27. The van der Waals surface area contributed by atoms with Gasteiger partial charge in [0.1, 0.15) is 12.0 Å². The van der Waals surface area contributed by atoms with Crippen LogP contribution in [-0.4, -0.2) is 24.2 Å². The lowest BCUT2D eigenvalue weighted by molar-refractivity contribution is -0.158. The van der Waals surface area contributed by atoms with Crippen molar-refractivity contribution < 1.29 is 23.5 Å². The molecule has 2 atom stereocenters. The average Bonchev–Trinajstić information content (AvgIpc) is 3.30. The largest absolute Gasteiger partial charge is 0.464 e. The number of rotatable bonds is 6. The quantitative estimate of drug-likeness (QED) is 0.659. The topological polar surface area (TPSA) is 52.6 Å². The minimum atomic E-state index is -2.41. The number of esters is 2. The first-order valence-corrected chi connectivity index (χ1v) is 9.06. The molecule has 136 valence electrons. The van der Waals surface area contributed by atoms with Crippen molar-refractivity contribution in [2.75, 3.05) is 6.61 Å². The second-order valence-corrected chi connectivity index (χ2v) is 7.09. The van der Waals surface area contributed by atoms with Gasteiger partial charge in [-0.05, 0) is 30.2 Å². The lowest BCUT2D eigenvalue weighted by Crippen LogP contribution is -2.37. The number of carbonyl (C=O) groups is 2. The molecule has 0 amide bonds. The molecule has 0 N–H and O–H groups in total. The van der Waals surface area contributed by atoms with E-state index in [4.69, 9.17) is 9.47 Å². The summed E-state index contributed by atoms with van der Waals surface area (Å²) in [6.07, 6.45) is -0.284. The van der Waals surface area contributed by atoms with Crippen LogP contribution in [0.15, 0.2) is 59.1 Å². The van der Waals surface area contributed by atoms with Gasteiger partial charge in [-0.2, -0.15) is 0 Å². The van der Waals surface area contributed by atoms with Crippen molar-refractivity contribution in [2.45, 2.75) is 31.0 Å². The van der Waals surface area contributed by atoms with Gasteiger partial charge in [-0.15, -0.1) is 0 Å². The Labute approximate surface area is 159 Å². The van der Waals surface area contributed by atoms with Gasteiger partial charge in [-0.3, -0.25) is 4.79 Å². The summed E-state index contributed by atoms with van der Waals surface area (Å²) in [4.78, 5) is 25.0. The molecule has 0 saturated heterocycles. The summed E-state index contributed by atoms with van der Waals surface area (Å²) in [5.41, 5.74) is -2.90. The molecular formula is C20H18BrFO4. The van der Waals surface area contributed by atoms with Crippen molar-refractivity contribution in [2.24, 2.45) is 0 Å². The van der Waals surface area contributed by atoms with Crippen LogP contribution < -0.4 is 0 Å². The molecular weight excluding hydrogens is 403 g/mol. The number of halogens is 2. The maximum atomic E-state index is 15.4. The molecule has 6 heteroatoms. The van der Waals surface area contributed by atoms with E-state index in [9.17, 15) is 9.59 Å². The Hall–Kier alpha value is -2.21. The van der Waals surface area contributed by atoms with E-state index in [0.717, 1.165) is 10.0 Å². The molecule has 0 spiro atoms. The van der Waals surface area contributed by atoms with Crippen molar-refractivity contribution in [3.8, 4) is 0 Å². The van der Waals surface area contributed by atoms with Gasteiger partial charge in [-0.1, -0.05) is 58.4 Å². The molecule has 1 aliphatic rings. The normalized spacial score (nSPS) is 24.0. The summed E-state index contributed by atoms with van der Waals surface area (Å²) in [5, 5.41) is 0. The minimum Gasteiger partial charge on any atom is -0.464 e. The van der Waals surface area contributed by atoms with Crippen LogP contribution in [0.25, 0.3) is 0 Å². The van der Waals surface area contributed by atoms with Crippen molar-refractivity contribution in [1.29, 1.82) is 0 Å². The third-order valence-electron chi connectivity index (χ3n) is 4.56. The Balaban J connectivity index is 1.88. The number of hydrogen-bond donors (Lipinski definition) is 0. The highest BCUT2D eigenvalue weighted by molar-refractivity contribution is 9.10. The third kappa shape index (κ3) is 3.14. The van der Waals surface area contributed by atoms with Gasteiger partial charge >= 0.3 is 11.9 Å². The molecule has 1 fully saturated rings. The lowest BCUT2D eigenvalue weighted by Gasteiger charge is -2.19. The predicted octanol–water partition coefficient (Wildman–Crippen LogP) is 4.11. The Morgan fingerprint density at radius 3 is 2.31 bits per heavy atom. The smallest absolute Gasteiger partial charge is 0.345 e. The van der Waals surface area contributed by atoms with Crippen LogP contribution in [0, 0.1) is 0 Å². The van der Waals surface area contributed by atoms with Crippen molar-refractivity contribution >= 4 is 27.9 Å². The highest BCUT2D eigenvalue weighted by Gasteiger charge is 2.81. The Morgan fingerprint density at radius 2 is 1.69 bits per heavy atom. The van der Waals surface area contributed by atoms with Crippen LogP contribution in [-0.2, 0) is 31.1 Å². The second kappa shape index (κ2) is 7.19. The molecule has 1 saturated carbocycles. The van der Waals surface area contributed by atoms with Crippen molar-refractivity contribution in [3.63, 3.8) is 0 Å². The molecule has 0 aromatic heterocycles. The number of ether oxygens (including phenoxy) is 2. The van der Waals surface area contributed by atoms with E-state index >= 15 is 4.39 Å². The summed E-state index contributed by atoms with van der Waals surface area (Å²) in [7, 11) is 0. The Kier molecular flexibility index (Phi) is 5.14. The first kappa shape index (κ1) is 18.6. The summed E-state index contributed by atoms with van der Waals surface area (Å²) in [5.74, 6) is -1.79. The fourth-order valence-electron chi connectivity index (χ4n) is 3.08. The zero-order valence-corrected chi connectivity index (χ0v) is 15.8. The highest BCUT2D eigenvalue weighted by atomic mass is 79.9. The summed E-state index contributed by atoms with van der Waals surface area (Å²) >= 11 is 3.31. The summed E-state index contributed by atoms with van der Waals surface area (Å²) < 4.78 is 26.4. The lowest BCUT2D eigenvalue weighted by atomic mass is 9.92. The summed E-state index contributed by atoms with van der Waals surface area (Å²) in [6.45, 7) is 1.65. The Morgan fingerprint density at radius 1 is 1.04 bits per heavy atom. The van der Waals surface area contributed by atoms with Crippen LogP contribution in [0.2, 0.25) is 0 Å². The van der Waals surface area contributed by atoms with Gasteiger partial charge < -0.3 is 9.47 Å².